The Labute approximate surface area is 199 Å². The minimum atomic E-state index is -0.0951. The van der Waals surface area contributed by atoms with Crippen LogP contribution in [0.25, 0.3) is 0 Å². The summed E-state index contributed by atoms with van der Waals surface area (Å²) in [6.07, 6.45) is 12.9. The summed E-state index contributed by atoms with van der Waals surface area (Å²) in [7, 11) is 0. The Morgan fingerprint density at radius 1 is 0.719 bits per heavy atom. The monoisotopic (exact) mass is 453 g/mol. The van der Waals surface area contributed by atoms with Crippen LogP contribution < -0.4 is 0 Å². The minimum absolute atomic E-state index is 0.0705. The Kier molecular flexibility index (Phi) is 13.5. The van der Waals surface area contributed by atoms with Crippen LogP contribution in [0.2, 0.25) is 0 Å². The molecule has 0 atom stereocenters. The summed E-state index contributed by atoms with van der Waals surface area (Å²) in [6.45, 7) is 2.84. The molecule has 0 aliphatic carbocycles. The van der Waals surface area contributed by atoms with Gasteiger partial charge in [0.1, 0.15) is 0 Å². The van der Waals surface area contributed by atoms with Gasteiger partial charge in [0.2, 0.25) is 5.12 Å². The van der Waals surface area contributed by atoms with E-state index in [9.17, 15) is 9.59 Å². The van der Waals surface area contributed by atoms with Crippen LogP contribution in [-0.4, -0.2) is 28.2 Å². The fourth-order valence-corrected chi connectivity index (χ4v) is 4.57. The van der Waals surface area contributed by atoms with Crippen molar-refractivity contribution in [2.24, 2.45) is 0 Å². The van der Waals surface area contributed by atoms with Gasteiger partial charge in [0, 0.05) is 17.9 Å². The molecule has 1 amide bonds. The number of amides is 1. The van der Waals surface area contributed by atoms with E-state index in [0.29, 0.717) is 12.1 Å². The molecule has 0 aliphatic rings. The van der Waals surface area contributed by atoms with Crippen molar-refractivity contribution in [3.05, 3.63) is 71.8 Å². The molecule has 0 spiro atoms. The van der Waals surface area contributed by atoms with E-state index >= 15 is 0 Å². The molecular formula is C28H39NO2S. The number of unbranched alkanes of at least 4 members (excludes halogenated alkanes) is 9. The first-order chi connectivity index (χ1) is 15.7. The number of thioether (sulfide) groups is 1. The molecule has 0 aromatic heterocycles. The zero-order valence-electron chi connectivity index (χ0n) is 19.6. The van der Waals surface area contributed by atoms with Crippen LogP contribution in [0.1, 0.15) is 87.1 Å². The lowest BCUT2D eigenvalue weighted by Crippen LogP contribution is -2.34. The molecule has 0 fully saturated rings. The highest BCUT2D eigenvalue weighted by Gasteiger charge is 2.19. The zero-order chi connectivity index (χ0) is 22.9. The quantitative estimate of drug-likeness (QED) is 0.247. The third kappa shape index (κ3) is 11.0. The molecule has 32 heavy (non-hydrogen) atoms. The van der Waals surface area contributed by atoms with Crippen LogP contribution in [0.4, 0.5) is 0 Å². The van der Waals surface area contributed by atoms with Crippen LogP contribution in [0.5, 0.6) is 0 Å². The second-order valence-corrected chi connectivity index (χ2v) is 9.57. The standard InChI is InChI=1S/C28H39NO2S/c1-2-3-4-5-6-7-8-9-10-17-22-32-27(30)24-29(23-25-18-13-11-14-19-25)28(31)26-20-15-12-16-21-26/h11-16,18-21H,2-10,17,22-24H2,1H3. The summed E-state index contributed by atoms with van der Waals surface area (Å²) in [6, 6.07) is 19.1. The van der Waals surface area contributed by atoms with Gasteiger partial charge in [0.15, 0.2) is 0 Å². The lowest BCUT2D eigenvalue weighted by atomic mass is 10.1. The smallest absolute Gasteiger partial charge is 0.254 e. The number of benzene rings is 2. The predicted molar refractivity (Wildman–Crippen MR) is 137 cm³/mol. The number of carbonyl (C=O) groups excluding carboxylic acids is 2. The summed E-state index contributed by atoms with van der Waals surface area (Å²) in [5.41, 5.74) is 1.65. The third-order valence-corrected chi connectivity index (χ3v) is 6.55. The molecular weight excluding hydrogens is 414 g/mol. The molecule has 3 nitrogen and oxygen atoms in total. The molecule has 2 aromatic carbocycles. The van der Waals surface area contributed by atoms with E-state index in [1.54, 1.807) is 4.90 Å². The average molecular weight is 454 g/mol. The maximum Gasteiger partial charge on any atom is 0.254 e. The van der Waals surface area contributed by atoms with Crippen molar-refractivity contribution in [2.75, 3.05) is 12.3 Å². The molecule has 4 heteroatoms. The van der Waals surface area contributed by atoms with Crippen molar-refractivity contribution in [1.29, 1.82) is 0 Å². The lowest BCUT2D eigenvalue weighted by molar-refractivity contribution is -0.111. The van der Waals surface area contributed by atoms with Crippen molar-refractivity contribution in [3.8, 4) is 0 Å². The van der Waals surface area contributed by atoms with E-state index in [4.69, 9.17) is 0 Å². The molecule has 0 saturated heterocycles. The molecule has 0 heterocycles. The summed E-state index contributed by atoms with van der Waals surface area (Å²) in [5.74, 6) is 0.746. The molecule has 174 valence electrons. The number of hydrogen-bond donors (Lipinski definition) is 0. The van der Waals surface area contributed by atoms with Crippen LogP contribution in [0, 0.1) is 0 Å². The van der Waals surface area contributed by atoms with Gasteiger partial charge < -0.3 is 4.90 Å². The molecule has 2 rings (SSSR count). The van der Waals surface area contributed by atoms with Crippen molar-refractivity contribution < 1.29 is 9.59 Å². The number of hydrogen-bond acceptors (Lipinski definition) is 3. The van der Waals surface area contributed by atoms with E-state index in [2.05, 4.69) is 6.92 Å². The largest absolute Gasteiger partial charge is 0.326 e. The Morgan fingerprint density at radius 2 is 1.25 bits per heavy atom. The highest BCUT2D eigenvalue weighted by molar-refractivity contribution is 8.13. The molecule has 0 unspecified atom stereocenters. The molecule has 0 bridgehead atoms. The Bertz CT molecular complexity index is 764. The molecule has 0 saturated carbocycles. The molecule has 2 aromatic rings. The molecule has 0 N–H and O–H groups in total. The van der Waals surface area contributed by atoms with Crippen molar-refractivity contribution in [2.45, 2.75) is 77.7 Å². The summed E-state index contributed by atoms with van der Waals surface area (Å²) < 4.78 is 0. The molecule has 0 aliphatic heterocycles. The number of carbonyl (C=O) groups is 2. The minimum Gasteiger partial charge on any atom is -0.326 e. The van der Waals surface area contributed by atoms with Crippen LogP contribution >= 0.6 is 11.8 Å². The van der Waals surface area contributed by atoms with Gasteiger partial charge >= 0.3 is 0 Å². The first-order valence-corrected chi connectivity index (χ1v) is 13.2. The SMILES string of the molecule is CCCCCCCCCCCCSC(=O)CN(Cc1ccccc1)C(=O)c1ccccc1. The van der Waals surface area contributed by atoms with E-state index < -0.39 is 0 Å². The fraction of sp³-hybridized carbons (Fsp3) is 0.500. The Balaban J connectivity index is 1.70. The fourth-order valence-electron chi connectivity index (χ4n) is 3.74. The third-order valence-electron chi connectivity index (χ3n) is 5.61. The number of rotatable bonds is 16. The molecule has 0 radical (unpaired) electrons. The lowest BCUT2D eigenvalue weighted by Gasteiger charge is -2.22. The second kappa shape index (κ2) is 16.5. The van der Waals surface area contributed by atoms with Crippen LogP contribution in [0.3, 0.4) is 0 Å². The van der Waals surface area contributed by atoms with Gasteiger partial charge in [-0.25, -0.2) is 0 Å². The van der Waals surface area contributed by atoms with E-state index in [1.807, 2.05) is 60.7 Å². The van der Waals surface area contributed by atoms with Crippen LogP contribution in [-0.2, 0) is 11.3 Å². The van der Waals surface area contributed by atoms with E-state index in [-0.39, 0.29) is 17.6 Å². The first-order valence-electron chi connectivity index (χ1n) is 12.2. The topological polar surface area (TPSA) is 37.4 Å². The van der Waals surface area contributed by atoms with Crippen LogP contribution in [0.15, 0.2) is 60.7 Å². The van der Waals surface area contributed by atoms with Gasteiger partial charge in [-0.1, -0.05) is 125 Å². The van der Waals surface area contributed by atoms with Gasteiger partial charge in [-0.05, 0) is 24.1 Å². The van der Waals surface area contributed by atoms with E-state index in [0.717, 1.165) is 17.7 Å². The van der Waals surface area contributed by atoms with Crippen molar-refractivity contribution in [3.63, 3.8) is 0 Å². The normalized spacial score (nSPS) is 10.8. The average Bonchev–Trinajstić information content (AvgIpc) is 2.83. The van der Waals surface area contributed by atoms with Crippen molar-refractivity contribution >= 4 is 22.8 Å². The maximum absolute atomic E-state index is 13.0. The van der Waals surface area contributed by atoms with Gasteiger partial charge in [-0.15, -0.1) is 0 Å². The predicted octanol–water partition coefficient (Wildman–Crippen LogP) is 7.51. The first kappa shape index (κ1) is 26.2. The number of nitrogens with zero attached hydrogens (tertiary/aromatic N) is 1. The highest BCUT2D eigenvalue weighted by Crippen LogP contribution is 2.15. The maximum atomic E-state index is 13.0. The van der Waals surface area contributed by atoms with Gasteiger partial charge in [0.25, 0.3) is 5.91 Å². The van der Waals surface area contributed by atoms with Gasteiger partial charge in [-0.2, -0.15) is 0 Å². The summed E-state index contributed by atoms with van der Waals surface area (Å²) >= 11 is 1.37. The highest BCUT2D eigenvalue weighted by atomic mass is 32.2. The van der Waals surface area contributed by atoms with Crippen molar-refractivity contribution in [1.82, 2.24) is 4.90 Å². The summed E-state index contributed by atoms with van der Waals surface area (Å²) in [5, 5.41) is 0.0705. The van der Waals surface area contributed by atoms with Gasteiger partial charge in [-0.3, -0.25) is 9.59 Å². The Hall–Kier alpha value is -2.07. The van der Waals surface area contributed by atoms with Gasteiger partial charge in [0.05, 0.1) is 6.54 Å². The zero-order valence-corrected chi connectivity index (χ0v) is 20.5. The van der Waals surface area contributed by atoms with E-state index in [1.165, 1.54) is 69.5 Å². The second-order valence-electron chi connectivity index (χ2n) is 8.42. The Morgan fingerprint density at radius 3 is 1.84 bits per heavy atom. The summed E-state index contributed by atoms with van der Waals surface area (Å²) in [4.78, 5) is 27.3.